The molecular formula is C20H22Cl2O3. The molecule has 5 heteroatoms. The minimum absolute atomic E-state index is 0.0489. The highest BCUT2D eigenvalue weighted by molar-refractivity contribution is 6.30. The van der Waals surface area contributed by atoms with E-state index in [1.807, 2.05) is 43.3 Å². The van der Waals surface area contributed by atoms with E-state index in [0.717, 1.165) is 11.1 Å². The molecule has 0 saturated carbocycles. The fourth-order valence-electron chi connectivity index (χ4n) is 3.12. The summed E-state index contributed by atoms with van der Waals surface area (Å²) in [6.45, 7) is 1.78. The lowest BCUT2D eigenvalue weighted by Crippen LogP contribution is -2.22. The van der Waals surface area contributed by atoms with Crippen LogP contribution in [-0.2, 0) is 9.53 Å². The number of hydrogen-bond acceptors (Lipinski definition) is 3. The first-order valence-electron chi connectivity index (χ1n) is 8.15. The van der Waals surface area contributed by atoms with Crippen LogP contribution in [0.2, 0.25) is 10.0 Å². The van der Waals surface area contributed by atoms with E-state index in [4.69, 9.17) is 27.9 Å². The molecule has 0 fully saturated rings. The lowest BCUT2D eigenvalue weighted by atomic mass is 9.77. The summed E-state index contributed by atoms with van der Waals surface area (Å²) in [5.74, 6) is -0.822. The maximum absolute atomic E-state index is 11.9. The number of hydrogen-bond donors (Lipinski definition) is 1. The molecule has 134 valence electrons. The zero-order chi connectivity index (χ0) is 18.4. The first kappa shape index (κ1) is 19.8. The van der Waals surface area contributed by atoms with Crippen LogP contribution in [-0.4, -0.2) is 24.8 Å². The third kappa shape index (κ3) is 5.21. The van der Waals surface area contributed by atoms with Crippen molar-refractivity contribution in [2.75, 3.05) is 13.7 Å². The summed E-state index contributed by atoms with van der Waals surface area (Å²) in [7, 11) is 1.38. The van der Waals surface area contributed by atoms with E-state index in [0.29, 0.717) is 16.5 Å². The molecule has 0 aliphatic carbocycles. The summed E-state index contributed by atoms with van der Waals surface area (Å²) >= 11 is 12.1. The van der Waals surface area contributed by atoms with Crippen LogP contribution in [0.5, 0.6) is 0 Å². The second-order valence-corrected chi connectivity index (χ2v) is 7.03. The molecular weight excluding hydrogens is 359 g/mol. The SMILES string of the molecule is COC(=O)C(C)CC(c1cccc(Cl)c1)C(CO)c1ccc(Cl)cc1. The molecule has 0 radical (unpaired) electrons. The minimum Gasteiger partial charge on any atom is -0.469 e. The molecule has 25 heavy (non-hydrogen) atoms. The zero-order valence-corrected chi connectivity index (χ0v) is 15.8. The molecule has 0 aliphatic heterocycles. The number of rotatable bonds is 7. The Kier molecular flexibility index (Phi) is 7.30. The van der Waals surface area contributed by atoms with Crippen LogP contribution < -0.4 is 0 Å². The summed E-state index contributed by atoms with van der Waals surface area (Å²) in [6, 6.07) is 15.0. The minimum atomic E-state index is -0.296. The van der Waals surface area contributed by atoms with Gasteiger partial charge in [-0.1, -0.05) is 54.4 Å². The zero-order valence-electron chi connectivity index (χ0n) is 14.3. The molecule has 2 rings (SSSR count). The van der Waals surface area contributed by atoms with Gasteiger partial charge in [0.2, 0.25) is 0 Å². The number of aliphatic hydroxyl groups is 1. The number of carbonyl (C=O) groups excluding carboxylic acids is 1. The highest BCUT2D eigenvalue weighted by Gasteiger charge is 2.29. The van der Waals surface area contributed by atoms with Gasteiger partial charge in [-0.2, -0.15) is 0 Å². The van der Waals surface area contributed by atoms with Crippen LogP contribution in [0.4, 0.5) is 0 Å². The van der Waals surface area contributed by atoms with Crippen LogP contribution in [0.25, 0.3) is 0 Å². The normalized spacial score (nSPS) is 14.6. The molecule has 3 unspecified atom stereocenters. The van der Waals surface area contributed by atoms with Gasteiger partial charge in [0.05, 0.1) is 19.6 Å². The van der Waals surface area contributed by atoms with E-state index in [-0.39, 0.29) is 30.3 Å². The van der Waals surface area contributed by atoms with E-state index < -0.39 is 0 Å². The molecule has 0 heterocycles. The van der Waals surface area contributed by atoms with Crippen molar-refractivity contribution in [3.8, 4) is 0 Å². The average molecular weight is 381 g/mol. The van der Waals surface area contributed by atoms with Gasteiger partial charge in [-0.05, 0) is 47.7 Å². The van der Waals surface area contributed by atoms with Crippen LogP contribution in [0.3, 0.4) is 0 Å². The lowest BCUT2D eigenvalue weighted by Gasteiger charge is -2.28. The summed E-state index contributed by atoms with van der Waals surface area (Å²) in [4.78, 5) is 11.9. The molecule has 2 aromatic carbocycles. The highest BCUT2D eigenvalue weighted by atomic mass is 35.5. The Morgan fingerprint density at radius 2 is 1.72 bits per heavy atom. The van der Waals surface area contributed by atoms with Crippen LogP contribution in [0.1, 0.15) is 36.3 Å². The number of esters is 1. The second-order valence-electron chi connectivity index (χ2n) is 6.16. The van der Waals surface area contributed by atoms with Gasteiger partial charge in [0, 0.05) is 16.0 Å². The average Bonchev–Trinajstić information content (AvgIpc) is 2.62. The van der Waals surface area contributed by atoms with Crippen molar-refractivity contribution < 1.29 is 14.6 Å². The fraction of sp³-hybridized carbons (Fsp3) is 0.350. The van der Waals surface area contributed by atoms with Crippen molar-refractivity contribution in [1.82, 2.24) is 0 Å². The van der Waals surface area contributed by atoms with Gasteiger partial charge in [0.15, 0.2) is 0 Å². The van der Waals surface area contributed by atoms with Crippen LogP contribution in [0, 0.1) is 5.92 Å². The first-order valence-corrected chi connectivity index (χ1v) is 8.91. The Hall–Kier alpha value is -1.55. The molecule has 3 atom stereocenters. The predicted molar refractivity (Wildman–Crippen MR) is 101 cm³/mol. The van der Waals surface area contributed by atoms with Crippen molar-refractivity contribution in [3.63, 3.8) is 0 Å². The Morgan fingerprint density at radius 3 is 2.28 bits per heavy atom. The second kappa shape index (κ2) is 9.23. The summed E-state index contributed by atoms with van der Waals surface area (Å²) in [5.41, 5.74) is 1.95. The van der Waals surface area contributed by atoms with Crippen LogP contribution >= 0.6 is 23.2 Å². The van der Waals surface area contributed by atoms with Gasteiger partial charge in [0.25, 0.3) is 0 Å². The lowest BCUT2D eigenvalue weighted by molar-refractivity contribution is -0.145. The number of benzene rings is 2. The number of ether oxygens (including phenoxy) is 1. The third-order valence-corrected chi connectivity index (χ3v) is 4.96. The van der Waals surface area contributed by atoms with Crippen molar-refractivity contribution in [3.05, 3.63) is 69.7 Å². The molecule has 0 aromatic heterocycles. The summed E-state index contributed by atoms with van der Waals surface area (Å²) in [6.07, 6.45) is 0.543. The Balaban J connectivity index is 2.40. The molecule has 0 bridgehead atoms. The fourth-order valence-corrected chi connectivity index (χ4v) is 3.45. The standard InChI is InChI=1S/C20H22Cl2O3/c1-13(20(24)25-2)10-18(15-4-3-5-17(22)11-15)19(12-23)14-6-8-16(21)9-7-14/h3-9,11,13,18-19,23H,10,12H2,1-2H3. The van der Waals surface area contributed by atoms with E-state index in [1.54, 1.807) is 12.1 Å². The number of aliphatic hydroxyl groups excluding tert-OH is 1. The summed E-state index contributed by atoms with van der Waals surface area (Å²) in [5, 5.41) is 11.3. The quantitative estimate of drug-likeness (QED) is 0.683. The molecule has 0 amide bonds. The van der Waals surface area contributed by atoms with Gasteiger partial charge >= 0.3 is 5.97 Å². The topological polar surface area (TPSA) is 46.5 Å². The van der Waals surface area contributed by atoms with Crippen LogP contribution in [0.15, 0.2) is 48.5 Å². The predicted octanol–water partition coefficient (Wildman–Crippen LogP) is 5.05. The Bertz CT molecular complexity index is 700. The van der Waals surface area contributed by atoms with E-state index in [9.17, 15) is 9.90 Å². The highest BCUT2D eigenvalue weighted by Crippen LogP contribution is 2.39. The van der Waals surface area contributed by atoms with Crippen molar-refractivity contribution in [2.45, 2.75) is 25.2 Å². The maximum Gasteiger partial charge on any atom is 0.308 e. The van der Waals surface area contributed by atoms with E-state index in [2.05, 4.69) is 0 Å². The van der Waals surface area contributed by atoms with Crippen molar-refractivity contribution >= 4 is 29.2 Å². The number of carbonyl (C=O) groups is 1. The maximum atomic E-state index is 11.9. The monoisotopic (exact) mass is 380 g/mol. The van der Waals surface area contributed by atoms with E-state index >= 15 is 0 Å². The number of methoxy groups -OCH3 is 1. The van der Waals surface area contributed by atoms with Gasteiger partial charge in [-0.3, -0.25) is 4.79 Å². The third-order valence-electron chi connectivity index (χ3n) is 4.47. The van der Waals surface area contributed by atoms with Crippen molar-refractivity contribution in [2.24, 2.45) is 5.92 Å². The molecule has 2 aromatic rings. The van der Waals surface area contributed by atoms with Gasteiger partial charge in [0.1, 0.15) is 0 Å². The summed E-state index contributed by atoms with van der Waals surface area (Å²) < 4.78 is 4.86. The van der Waals surface area contributed by atoms with Gasteiger partial charge < -0.3 is 9.84 Å². The van der Waals surface area contributed by atoms with Gasteiger partial charge in [-0.25, -0.2) is 0 Å². The number of halogens is 2. The Morgan fingerprint density at radius 1 is 1.04 bits per heavy atom. The Labute approximate surface area is 158 Å². The largest absolute Gasteiger partial charge is 0.469 e. The molecule has 0 saturated heterocycles. The molecule has 0 spiro atoms. The van der Waals surface area contributed by atoms with Crippen molar-refractivity contribution in [1.29, 1.82) is 0 Å². The van der Waals surface area contributed by atoms with Gasteiger partial charge in [-0.15, -0.1) is 0 Å². The molecule has 3 nitrogen and oxygen atoms in total. The van der Waals surface area contributed by atoms with E-state index in [1.165, 1.54) is 7.11 Å². The smallest absolute Gasteiger partial charge is 0.308 e. The molecule has 1 N–H and O–H groups in total. The first-order chi connectivity index (χ1) is 12.0. The molecule has 0 aliphatic rings.